The maximum absolute atomic E-state index is 11.1. The normalized spacial score (nSPS) is 12.6. The van der Waals surface area contributed by atoms with E-state index >= 15 is 0 Å². The monoisotopic (exact) mass is 238 g/mol. The zero-order chi connectivity index (χ0) is 11.5. The Bertz CT molecular complexity index is 509. The molecule has 2 rings (SSSR count). The number of fused-ring (bicyclic) bond motifs is 1. The van der Waals surface area contributed by atoms with Gasteiger partial charge in [0.15, 0.2) is 0 Å². The van der Waals surface area contributed by atoms with Crippen LogP contribution < -0.4 is 5.73 Å². The summed E-state index contributed by atoms with van der Waals surface area (Å²) in [4.78, 5) is 14.2. The predicted octanol–water partition coefficient (Wildman–Crippen LogP) is 1.73. The fourth-order valence-electron chi connectivity index (χ4n) is 1.71. The smallest absolute Gasteiger partial charge is 0.341 e. The van der Waals surface area contributed by atoms with Crippen LogP contribution in [0.3, 0.4) is 0 Å². The van der Waals surface area contributed by atoms with Crippen LogP contribution in [-0.4, -0.2) is 17.0 Å². The summed E-state index contributed by atoms with van der Waals surface area (Å²) < 4.78 is 4.08. The Kier molecular flexibility index (Phi) is 3.12. The molecule has 1 atom stereocenters. The van der Waals surface area contributed by atoms with Gasteiger partial charge in [-0.1, -0.05) is 12.1 Å². The third kappa shape index (κ3) is 2.03. The number of nitrogens with one attached hydrogen (secondary N) is 1. The van der Waals surface area contributed by atoms with Gasteiger partial charge in [0.1, 0.15) is 17.9 Å². The minimum absolute atomic E-state index is 0.404. The Morgan fingerprint density at radius 1 is 1.50 bits per heavy atom. The molecule has 0 saturated carbocycles. The number of rotatable bonds is 3. The topological polar surface area (TPSA) is 68.1 Å². The molecule has 84 valence electrons. The molecule has 0 aliphatic heterocycles. The highest BCUT2D eigenvalue weighted by molar-refractivity contribution is 6.13. The highest BCUT2D eigenvalue weighted by Gasteiger charge is 2.16. The lowest BCUT2D eigenvalue weighted by Gasteiger charge is -2.08. The Morgan fingerprint density at radius 2 is 2.31 bits per heavy atom. The van der Waals surface area contributed by atoms with Gasteiger partial charge in [-0.15, -0.1) is 0 Å². The number of nitrogens with two attached hydrogens (primary N) is 1. The van der Waals surface area contributed by atoms with Gasteiger partial charge in [0.05, 0.1) is 0 Å². The lowest BCUT2D eigenvalue weighted by molar-refractivity contribution is -0.135. The molecule has 0 spiro atoms. The van der Waals surface area contributed by atoms with Crippen LogP contribution in [0, 0.1) is 0 Å². The van der Waals surface area contributed by atoms with E-state index in [1.165, 1.54) is 0 Å². The Morgan fingerprint density at radius 3 is 3.06 bits per heavy atom. The fraction of sp³-hybridized carbons (Fsp3) is 0.182. The van der Waals surface area contributed by atoms with Crippen molar-refractivity contribution in [2.24, 2.45) is 5.73 Å². The second kappa shape index (κ2) is 4.55. The summed E-state index contributed by atoms with van der Waals surface area (Å²) in [6.45, 7) is 0. The molecule has 1 aromatic heterocycles. The third-order valence-corrected chi connectivity index (χ3v) is 2.66. The van der Waals surface area contributed by atoms with Crippen LogP contribution in [0.15, 0.2) is 30.5 Å². The van der Waals surface area contributed by atoms with E-state index in [1.807, 2.05) is 30.5 Å². The first-order valence-corrected chi connectivity index (χ1v) is 5.16. The first kappa shape index (κ1) is 11.0. The second-order valence-electron chi connectivity index (χ2n) is 3.56. The van der Waals surface area contributed by atoms with Crippen molar-refractivity contribution in [1.29, 1.82) is 0 Å². The van der Waals surface area contributed by atoms with Crippen LogP contribution in [-0.2, 0) is 15.5 Å². The van der Waals surface area contributed by atoms with Gasteiger partial charge in [0.25, 0.3) is 0 Å². The summed E-state index contributed by atoms with van der Waals surface area (Å²) in [5.41, 5.74) is 7.66. The first-order chi connectivity index (χ1) is 7.72. The molecule has 4 nitrogen and oxygen atoms in total. The minimum Gasteiger partial charge on any atom is -0.361 e. The summed E-state index contributed by atoms with van der Waals surface area (Å²) in [5, 5.41) is 1.06. The zero-order valence-corrected chi connectivity index (χ0v) is 9.20. The molecule has 0 unspecified atom stereocenters. The summed E-state index contributed by atoms with van der Waals surface area (Å²) in [5.74, 6) is -0.616. The number of carbonyl (C=O) groups excluding carboxylic acids is 1. The highest BCUT2D eigenvalue weighted by Crippen LogP contribution is 2.18. The minimum atomic E-state index is -0.738. The molecule has 0 amide bonds. The summed E-state index contributed by atoms with van der Waals surface area (Å²) >= 11 is 4.97. The van der Waals surface area contributed by atoms with E-state index in [0.29, 0.717) is 6.42 Å². The van der Waals surface area contributed by atoms with Crippen LogP contribution >= 0.6 is 11.9 Å². The van der Waals surface area contributed by atoms with E-state index in [9.17, 15) is 4.79 Å². The van der Waals surface area contributed by atoms with E-state index in [0.717, 1.165) is 16.5 Å². The van der Waals surface area contributed by atoms with E-state index in [-0.39, 0.29) is 0 Å². The number of hydrogen-bond donors (Lipinski definition) is 2. The van der Waals surface area contributed by atoms with Crippen molar-refractivity contribution in [2.45, 2.75) is 12.5 Å². The molecule has 1 heterocycles. The molecule has 2 aromatic rings. The van der Waals surface area contributed by atoms with E-state index in [2.05, 4.69) is 9.27 Å². The molecule has 0 fully saturated rings. The van der Waals surface area contributed by atoms with Crippen LogP contribution in [0.25, 0.3) is 10.9 Å². The standard InChI is InChI=1S/C11H11ClN2O2/c12-16-11(15)9(13)6-7-2-1-3-10-8(7)4-5-14-10/h1-5,9,14H,6,13H2/t9-/m1/s1. The first-order valence-electron chi connectivity index (χ1n) is 4.85. The maximum atomic E-state index is 11.1. The maximum Gasteiger partial charge on any atom is 0.341 e. The van der Waals surface area contributed by atoms with Crippen molar-refractivity contribution in [3.63, 3.8) is 0 Å². The average molecular weight is 239 g/mol. The number of aromatic amines is 1. The van der Waals surface area contributed by atoms with Gasteiger partial charge in [-0.25, -0.2) is 4.79 Å². The van der Waals surface area contributed by atoms with E-state index in [1.54, 1.807) is 0 Å². The molecule has 3 N–H and O–H groups in total. The largest absolute Gasteiger partial charge is 0.361 e. The summed E-state index contributed by atoms with van der Waals surface area (Å²) in [7, 11) is 0. The van der Waals surface area contributed by atoms with Crippen molar-refractivity contribution < 1.29 is 9.08 Å². The van der Waals surface area contributed by atoms with E-state index in [4.69, 9.17) is 17.6 Å². The molecule has 0 bridgehead atoms. The van der Waals surface area contributed by atoms with Crippen molar-refractivity contribution in [2.75, 3.05) is 0 Å². The van der Waals surface area contributed by atoms with Gasteiger partial charge in [0, 0.05) is 17.1 Å². The SMILES string of the molecule is N[C@H](Cc1cccc2[nH]ccc12)C(=O)OCl. The fourth-order valence-corrected chi connectivity index (χ4v) is 1.82. The molecule has 16 heavy (non-hydrogen) atoms. The molecule has 1 aromatic carbocycles. The molecular weight excluding hydrogens is 228 g/mol. The number of benzene rings is 1. The van der Waals surface area contributed by atoms with Gasteiger partial charge in [-0.2, -0.15) is 0 Å². The lowest BCUT2D eigenvalue weighted by atomic mass is 10.0. The molecular formula is C11H11ClN2O2. The number of aromatic nitrogens is 1. The van der Waals surface area contributed by atoms with Gasteiger partial charge < -0.3 is 15.0 Å². The second-order valence-corrected chi connectivity index (χ2v) is 3.72. The Hall–Kier alpha value is -1.52. The van der Waals surface area contributed by atoms with Crippen molar-refractivity contribution in [3.05, 3.63) is 36.0 Å². The van der Waals surface area contributed by atoms with Crippen LogP contribution in [0.4, 0.5) is 0 Å². The molecule has 0 saturated heterocycles. The molecule has 0 aliphatic carbocycles. The third-order valence-electron chi connectivity index (χ3n) is 2.50. The molecule has 5 heteroatoms. The van der Waals surface area contributed by atoms with Crippen LogP contribution in [0.2, 0.25) is 0 Å². The lowest BCUT2D eigenvalue weighted by Crippen LogP contribution is -2.32. The molecule has 0 aliphatic rings. The van der Waals surface area contributed by atoms with Crippen molar-refractivity contribution in [1.82, 2.24) is 4.98 Å². The number of H-pyrrole nitrogens is 1. The summed E-state index contributed by atoms with van der Waals surface area (Å²) in [6, 6.07) is 7.01. The van der Waals surface area contributed by atoms with Gasteiger partial charge in [-0.05, 0) is 24.1 Å². The predicted molar refractivity (Wildman–Crippen MR) is 61.9 cm³/mol. The summed E-state index contributed by atoms with van der Waals surface area (Å²) in [6.07, 6.45) is 2.25. The Balaban J connectivity index is 2.27. The molecule has 0 radical (unpaired) electrons. The van der Waals surface area contributed by atoms with Crippen LogP contribution in [0.1, 0.15) is 5.56 Å². The Labute approximate surface area is 97.5 Å². The van der Waals surface area contributed by atoms with Gasteiger partial charge in [0.2, 0.25) is 0 Å². The quantitative estimate of drug-likeness (QED) is 0.856. The zero-order valence-electron chi connectivity index (χ0n) is 8.44. The highest BCUT2D eigenvalue weighted by atomic mass is 35.5. The van der Waals surface area contributed by atoms with Gasteiger partial charge >= 0.3 is 5.97 Å². The van der Waals surface area contributed by atoms with Crippen LogP contribution in [0.5, 0.6) is 0 Å². The van der Waals surface area contributed by atoms with Crippen molar-refractivity contribution >= 4 is 28.7 Å². The number of hydrogen-bond acceptors (Lipinski definition) is 3. The van der Waals surface area contributed by atoms with Gasteiger partial charge in [-0.3, -0.25) is 0 Å². The number of carbonyl (C=O) groups is 1. The number of halogens is 1. The average Bonchev–Trinajstić information content (AvgIpc) is 2.77. The van der Waals surface area contributed by atoms with Crippen molar-refractivity contribution in [3.8, 4) is 0 Å². The van der Waals surface area contributed by atoms with E-state index < -0.39 is 12.0 Å².